The summed E-state index contributed by atoms with van der Waals surface area (Å²) in [6.07, 6.45) is 1.49. The molecule has 35 heavy (non-hydrogen) atoms. The number of aromatic amines is 1. The number of aromatic nitrogens is 3. The number of ketones is 1. The van der Waals surface area contributed by atoms with Gasteiger partial charge in [-0.1, -0.05) is 82.1 Å². The van der Waals surface area contributed by atoms with E-state index in [1.165, 1.54) is 10.9 Å². The predicted molar refractivity (Wildman–Crippen MR) is 133 cm³/mol. The Morgan fingerprint density at radius 1 is 1.03 bits per heavy atom. The maximum absolute atomic E-state index is 13.1. The van der Waals surface area contributed by atoms with Crippen LogP contribution in [0.1, 0.15) is 37.5 Å². The summed E-state index contributed by atoms with van der Waals surface area (Å²) < 4.78 is 1.20. The van der Waals surface area contributed by atoms with Gasteiger partial charge in [0.2, 0.25) is 5.78 Å². The van der Waals surface area contributed by atoms with Gasteiger partial charge in [0.15, 0.2) is 6.54 Å². The van der Waals surface area contributed by atoms with E-state index in [0.29, 0.717) is 10.6 Å². The maximum Gasteiger partial charge on any atom is 0.432 e. The van der Waals surface area contributed by atoms with Crippen LogP contribution in [-0.4, -0.2) is 27.9 Å². The number of benzene rings is 3. The standard InChI is InChI=1S/C26H22ClN5O3/c1-18-7-9-20(10-8-18)16-29-32-26(35)24(25(34)28-15-19-5-3-2-4-6-19)31(30-32)17-23(33)21-11-13-22(27)14-12-21/h2-14,16H,15,17H2,1H3,(H-,28,30,34,35)/p+1/b29-16-. The van der Waals surface area contributed by atoms with Crippen molar-refractivity contribution >= 4 is 29.5 Å². The molecule has 0 fully saturated rings. The van der Waals surface area contributed by atoms with Gasteiger partial charge in [0, 0.05) is 21.9 Å². The molecule has 2 N–H and O–H groups in total. The summed E-state index contributed by atoms with van der Waals surface area (Å²) in [7, 11) is 0. The van der Waals surface area contributed by atoms with Crippen LogP contribution < -0.4 is 15.6 Å². The van der Waals surface area contributed by atoms with Gasteiger partial charge in [0.1, 0.15) is 0 Å². The van der Waals surface area contributed by atoms with Crippen LogP contribution >= 0.6 is 11.6 Å². The molecule has 0 aliphatic carbocycles. The monoisotopic (exact) mass is 488 g/mol. The molecule has 3 aromatic carbocycles. The fourth-order valence-corrected chi connectivity index (χ4v) is 3.47. The van der Waals surface area contributed by atoms with Crippen molar-refractivity contribution in [2.75, 3.05) is 0 Å². The largest absolute Gasteiger partial charge is 0.432 e. The van der Waals surface area contributed by atoms with Gasteiger partial charge >= 0.3 is 17.2 Å². The quantitative estimate of drug-likeness (QED) is 0.226. The zero-order valence-electron chi connectivity index (χ0n) is 18.9. The van der Waals surface area contributed by atoms with Gasteiger partial charge < -0.3 is 5.32 Å². The van der Waals surface area contributed by atoms with Gasteiger partial charge in [-0.2, -0.15) is 0 Å². The van der Waals surface area contributed by atoms with E-state index in [0.717, 1.165) is 21.5 Å². The van der Waals surface area contributed by atoms with E-state index in [4.69, 9.17) is 11.6 Å². The van der Waals surface area contributed by atoms with Crippen molar-refractivity contribution in [2.45, 2.75) is 20.0 Å². The number of hydrogen-bond acceptors (Lipinski definition) is 4. The molecule has 0 unspecified atom stereocenters. The second kappa shape index (κ2) is 10.8. The number of aryl methyl sites for hydroxylation is 1. The third-order valence-corrected chi connectivity index (χ3v) is 5.51. The number of hydrogen-bond donors (Lipinski definition) is 2. The Morgan fingerprint density at radius 2 is 1.71 bits per heavy atom. The van der Waals surface area contributed by atoms with Crippen LogP contribution in [0.5, 0.6) is 0 Å². The van der Waals surface area contributed by atoms with E-state index in [2.05, 4.69) is 15.6 Å². The smallest absolute Gasteiger partial charge is 0.345 e. The minimum atomic E-state index is -0.678. The van der Waals surface area contributed by atoms with Crippen LogP contribution in [0.4, 0.5) is 0 Å². The molecule has 8 nitrogen and oxygen atoms in total. The van der Waals surface area contributed by atoms with Crippen molar-refractivity contribution in [3.05, 3.63) is 122 Å². The van der Waals surface area contributed by atoms with Crippen LogP contribution in [0.25, 0.3) is 0 Å². The second-order valence-electron chi connectivity index (χ2n) is 7.91. The molecule has 0 aliphatic heterocycles. The summed E-state index contributed by atoms with van der Waals surface area (Å²) in [4.78, 5) is 39.9. The minimum absolute atomic E-state index is 0.224. The summed E-state index contributed by atoms with van der Waals surface area (Å²) in [6.45, 7) is 1.93. The Balaban J connectivity index is 1.63. The molecule has 0 saturated heterocycles. The van der Waals surface area contributed by atoms with Gasteiger partial charge in [-0.3, -0.25) is 9.59 Å². The van der Waals surface area contributed by atoms with E-state index in [1.54, 1.807) is 24.3 Å². The lowest BCUT2D eigenvalue weighted by Crippen LogP contribution is -2.48. The molecule has 0 aliphatic rings. The molecule has 0 atom stereocenters. The maximum atomic E-state index is 13.1. The number of nitrogens with one attached hydrogen (secondary N) is 2. The molecule has 1 amide bonds. The number of Topliss-reactive ketones (excluding diaryl/α,β-unsaturated/α-hetero) is 1. The third kappa shape index (κ3) is 5.99. The van der Waals surface area contributed by atoms with Crippen molar-refractivity contribution in [2.24, 2.45) is 5.10 Å². The summed E-state index contributed by atoms with van der Waals surface area (Å²) >= 11 is 5.91. The first kappa shape index (κ1) is 23.8. The highest BCUT2D eigenvalue weighted by molar-refractivity contribution is 6.30. The normalized spacial score (nSPS) is 11.0. The van der Waals surface area contributed by atoms with Gasteiger partial charge in [-0.15, -0.1) is 4.68 Å². The second-order valence-corrected chi connectivity index (χ2v) is 8.34. The first-order valence-electron chi connectivity index (χ1n) is 10.9. The first-order chi connectivity index (χ1) is 16.9. The van der Waals surface area contributed by atoms with Crippen molar-refractivity contribution in [1.82, 2.24) is 15.3 Å². The Kier molecular flexibility index (Phi) is 7.32. The lowest BCUT2D eigenvalue weighted by atomic mass is 10.1. The average Bonchev–Trinajstić information content (AvgIpc) is 3.17. The molecule has 9 heteroatoms. The topological polar surface area (TPSA) is 100 Å². The molecule has 0 bridgehead atoms. The SMILES string of the molecule is Cc1ccc(/C=N\n2[nH][n+](CC(=O)c3ccc(Cl)cc3)c(C(=O)NCc3ccccc3)c2=O)cc1. The molecule has 0 radical (unpaired) electrons. The van der Waals surface area contributed by atoms with Crippen LogP contribution in [0.15, 0.2) is 88.8 Å². The van der Waals surface area contributed by atoms with Crippen molar-refractivity contribution < 1.29 is 14.3 Å². The van der Waals surface area contributed by atoms with Crippen molar-refractivity contribution in [1.29, 1.82) is 0 Å². The predicted octanol–water partition coefficient (Wildman–Crippen LogP) is 3.12. The number of amides is 1. The Hall–Kier alpha value is -4.30. The molecule has 4 rings (SSSR count). The zero-order valence-corrected chi connectivity index (χ0v) is 19.7. The first-order valence-corrected chi connectivity index (χ1v) is 11.3. The van der Waals surface area contributed by atoms with Crippen LogP contribution in [0, 0.1) is 6.92 Å². The molecule has 176 valence electrons. The highest BCUT2D eigenvalue weighted by Gasteiger charge is 2.30. The Morgan fingerprint density at radius 3 is 2.40 bits per heavy atom. The van der Waals surface area contributed by atoms with Gasteiger partial charge in [0.25, 0.3) is 0 Å². The van der Waals surface area contributed by atoms with Gasteiger partial charge in [-0.05, 0) is 42.3 Å². The van der Waals surface area contributed by atoms with E-state index in [1.807, 2.05) is 61.5 Å². The van der Waals surface area contributed by atoms with Crippen LogP contribution in [-0.2, 0) is 13.1 Å². The van der Waals surface area contributed by atoms with Gasteiger partial charge in [-0.25, -0.2) is 4.79 Å². The Bertz CT molecular complexity index is 1420. The average molecular weight is 489 g/mol. The molecule has 0 spiro atoms. The van der Waals surface area contributed by atoms with Crippen molar-refractivity contribution in [3.8, 4) is 0 Å². The van der Waals surface area contributed by atoms with E-state index >= 15 is 0 Å². The third-order valence-electron chi connectivity index (χ3n) is 5.26. The van der Waals surface area contributed by atoms with Gasteiger partial charge in [0.05, 0.1) is 6.21 Å². The lowest BCUT2D eigenvalue weighted by Gasteiger charge is -2.04. The molecule has 1 heterocycles. The summed E-state index contributed by atoms with van der Waals surface area (Å²) in [6, 6.07) is 23.3. The Labute approximate surface area is 206 Å². The lowest BCUT2D eigenvalue weighted by molar-refractivity contribution is -0.744. The van der Waals surface area contributed by atoms with E-state index < -0.39 is 11.5 Å². The molecule has 0 saturated carbocycles. The zero-order chi connectivity index (χ0) is 24.8. The van der Waals surface area contributed by atoms with Crippen LogP contribution in [0.2, 0.25) is 5.02 Å². The number of carbonyl (C=O) groups excluding carboxylic acids is 2. The van der Waals surface area contributed by atoms with E-state index in [-0.39, 0.29) is 24.6 Å². The summed E-state index contributed by atoms with van der Waals surface area (Å²) in [5, 5.41) is 10.1. The number of halogens is 1. The number of nitrogens with zero attached hydrogens (tertiary/aromatic N) is 3. The fraction of sp³-hybridized carbons (Fsp3) is 0.115. The number of H-pyrrole nitrogens is 1. The highest BCUT2D eigenvalue weighted by Crippen LogP contribution is 2.10. The molecular weight excluding hydrogens is 466 g/mol. The molecular formula is C26H23ClN5O3+. The highest BCUT2D eigenvalue weighted by atomic mass is 35.5. The van der Waals surface area contributed by atoms with E-state index in [9.17, 15) is 14.4 Å². The minimum Gasteiger partial charge on any atom is -0.345 e. The summed E-state index contributed by atoms with van der Waals surface area (Å²) in [5.41, 5.74) is 2.23. The van der Waals surface area contributed by atoms with Crippen LogP contribution in [0.3, 0.4) is 0 Å². The fourth-order valence-electron chi connectivity index (χ4n) is 3.35. The number of carbonyl (C=O) groups is 2. The number of rotatable bonds is 8. The molecule has 4 aromatic rings. The summed E-state index contributed by atoms with van der Waals surface area (Å²) in [5.74, 6) is -0.928. The molecule has 1 aromatic heterocycles. The van der Waals surface area contributed by atoms with Crippen molar-refractivity contribution in [3.63, 3.8) is 0 Å².